The lowest BCUT2D eigenvalue weighted by atomic mass is 10.4. The molecule has 2 rings (SSSR count). The Bertz CT molecular complexity index is 538. The fourth-order valence-corrected chi connectivity index (χ4v) is 5.19. The summed E-state index contributed by atoms with van der Waals surface area (Å²) in [6, 6.07) is 1.74. The second-order valence-corrected chi connectivity index (χ2v) is 7.84. The van der Waals surface area contributed by atoms with E-state index in [0.717, 1.165) is 5.69 Å². The van der Waals surface area contributed by atoms with Crippen molar-refractivity contribution in [1.82, 2.24) is 10.2 Å². The molecule has 8 heteroatoms. The molecular formula is C10H15N3O3S2. The molecule has 1 aliphatic heterocycles. The summed E-state index contributed by atoms with van der Waals surface area (Å²) in [4.78, 5) is 11.6. The molecule has 1 atom stereocenters. The van der Waals surface area contributed by atoms with E-state index in [-0.39, 0.29) is 28.4 Å². The third kappa shape index (κ3) is 3.74. The number of sulfone groups is 1. The van der Waals surface area contributed by atoms with Crippen molar-refractivity contribution in [1.29, 1.82) is 0 Å². The first-order valence-corrected chi connectivity index (χ1v) is 8.45. The Morgan fingerprint density at radius 3 is 3.00 bits per heavy atom. The van der Waals surface area contributed by atoms with E-state index < -0.39 is 9.84 Å². The minimum absolute atomic E-state index is 0.0432. The van der Waals surface area contributed by atoms with Crippen molar-refractivity contribution in [3.8, 4) is 0 Å². The van der Waals surface area contributed by atoms with E-state index in [1.807, 2.05) is 6.92 Å². The van der Waals surface area contributed by atoms with Crippen LogP contribution in [0.3, 0.4) is 0 Å². The molecule has 1 aromatic rings. The summed E-state index contributed by atoms with van der Waals surface area (Å²) in [7, 11) is -2.87. The molecule has 0 radical (unpaired) electrons. The van der Waals surface area contributed by atoms with Gasteiger partial charge in [0.25, 0.3) is 0 Å². The maximum atomic E-state index is 11.6. The lowest BCUT2D eigenvalue weighted by Gasteiger charge is -2.06. The monoisotopic (exact) mass is 289 g/mol. The molecule has 6 nitrogen and oxygen atoms in total. The summed E-state index contributed by atoms with van der Waals surface area (Å²) in [6.45, 7) is 1.85. The molecule has 1 amide bonds. The van der Waals surface area contributed by atoms with Crippen LogP contribution in [0.4, 0.5) is 5.82 Å². The lowest BCUT2D eigenvalue weighted by Crippen LogP contribution is -2.17. The summed E-state index contributed by atoms with van der Waals surface area (Å²) >= 11 is 1.39. The fraction of sp³-hybridized carbons (Fsp3) is 0.600. The Morgan fingerprint density at radius 2 is 2.44 bits per heavy atom. The van der Waals surface area contributed by atoms with Gasteiger partial charge < -0.3 is 5.32 Å². The zero-order valence-electron chi connectivity index (χ0n) is 9.97. The van der Waals surface area contributed by atoms with Gasteiger partial charge in [0.15, 0.2) is 15.7 Å². The first kappa shape index (κ1) is 13.4. The van der Waals surface area contributed by atoms with Crippen molar-refractivity contribution < 1.29 is 13.2 Å². The topological polar surface area (TPSA) is 91.9 Å². The SMILES string of the molecule is Cc1cc(NC(=O)CSC2CCS(=O)(=O)C2)n[nH]1. The fourth-order valence-electron chi connectivity index (χ4n) is 1.75. The van der Waals surface area contributed by atoms with Crippen LogP contribution in [0.1, 0.15) is 12.1 Å². The predicted octanol–water partition coefficient (Wildman–Crippen LogP) is 0.577. The molecule has 18 heavy (non-hydrogen) atoms. The minimum Gasteiger partial charge on any atom is -0.308 e. The summed E-state index contributed by atoms with van der Waals surface area (Å²) in [5.74, 6) is 1.02. The molecule has 1 aliphatic rings. The number of H-pyrrole nitrogens is 1. The number of aromatic amines is 1. The number of aromatic nitrogens is 2. The highest BCUT2D eigenvalue weighted by molar-refractivity contribution is 8.02. The standard InChI is InChI=1S/C10H15N3O3S2/c1-7-4-9(13-12-7)11-10(14)5-17-8-2-3-18(15,16)6-8/h4,8H,2-3,5-6H2,1H3,(H2,11,12,13,14). The first-order chi connectivity index (χ1) is 8.44. The second-order valence-electron chi connectivity index (χ2n) is 4.32. The third-order valence-electron chi connectivity index (χ3n) is 2.61. The van der Waals surface area contributed by atoms with Crippen LogP contribution >= 0.6 is 11.8 Å². The van der Waals surface area contributed by atoms with Crippen molar-refractivity contribution in [2.75, 3.05) is 22.6 Å². The van der Waals surface area contributed by atoms with Gasteiger partial charge in [-0.1, -0.05) is 0 Å². The number of carbonyl (C=O) groups is 1. The van der Waals surface area contributed by atoms with Crippen LogP contribution in [0, 0.1) is 6.92 Å². The third-order valence-corrected chi connectivity index (χ3v) is 5.90. The molecule has 0 spiro atoms. The van der Waals surface area contributed by atoms with Crippen LogP contribution in [0.2, 0.25) is 0 Å². The van der Waals surface area contributed by atoms with Gasteiger partial charge in [-0.15, -0.1) is 11.8 Å². The van der Waals surface area contributed by atoms with Gasteiger partial charge in [0.2, 0.25) is 5.91 Å². The number of hydrogen-bond acceptors (Lipinski definition) is 5. The molecule has 0 aromatic carbocycles. The number of thioether (sulfide) groups is 1. The Labute approximate surface area is 110 Å². The van der Waals surface area contributed by atoms with Crippen molar-refractivity contribution in [3.05, 3.63) is 11.8 Å². The summed E-state index contributed by atoms with van der Waals surface area (Å²) in [5, 5.41) is 9.33. The maximum absolute atomic E-state index is 11.6. The van der Waals surface area contributed by atoms with E-state index >= 15 is 0 Å². The van der Waals surface area contributed by atoms with E-state index in [1.165, 1.54) is 11.8 Å². The van der Waals surface area contributed by atoms with Crippen LogP contribution in [0.25, 0.3) is 0 Å². The Morgan fingerprint density at radius 1 is 1.67 bits per heavy atom. The average Bonchev–Trinajstić information content (AvgIpc) is 2.82. The molecule has 100 valence electrons. The predicted molar refractivity (Wildman–Crippen MR) is 71.5 cm³/mol. The number of amides is 1. The van der Waals surface area contributed by atoms with Gasteiger partial charge in [0.1, 0.15) is 0 Å². The number of carbonyl (C=O) groups excluding carboxylic acids is 1. The number of nitrogens with zero attached hydrogens (tertiary/aromatic N) is 1. The highest BCUT2D eigenvalue weighted by atomic mass is 32.2. The van der Waals surface area contributed by atoms with Gasteiger partial charge >= 0.3 is 0 Å². The van der Waals surface area contributed by atoms with Crippen LogP contribution in [-0.4, -0.2) is 47.0 Å². The van der Waals surface area contributed by atoms with Gasteiger partial charge in [-0.25, -0.2) is 8.42 Å². The van der Waals surface area contributed by atoms with Gasteiger partial charge in [-0.2, -0.15) is 5.10 Å². The molecule has 2 heterocycles. The van der Waals surface area contributed by atoms with E-state index in [2.05, 4.69) is 15.5 Å². The van der Waals surface area contributed by atoms with E-state index in [9.17, 15) is 13.2 Å². The summed E-state index contributed by atoms with van der Waals surface area (Å²) < 4.78 is 22.5. The minimum atomic E-state index is -2.87. The van der Waals surface area contributed by atoms with Crippen molar-refractivity contribution in [2.24, 2.45) is 0 Å². The molecule has 0 bridgehead atoms. The number of hydrogen-bond donors (Lipinski definition) is 2. The van der Waals surface area contributed by atoms with Crippen LogP contribution in [0.15, 0.2) is 6.07 Å². The largest absolute Gasteiger partial charge is 0.308 e. The molecule has 2 N–H and O–H groups in total. The molecule has 1 saturated heterocycles. The molecule has 0 aliphatic carbocycles. The molecular weight excluding hydrogens is 274 g/mol. The van der Waals surface area contributed by atoms with E-state index in [4.69, 9.17) is 0 Å². The molecule has 0 saturated carbocycles. The van der Waals surface area contributed by atoms with Crippen molar-refractivity contribution >= 4 is 33.3 Å². The summed E-state index contributed by atoms with van der Waals surface area (Å²) in [6.07, 6.45) is 0.641. The normalized spacial score (nSPS) is 21.9. The van der Waals surface area contributed by atoms with Gasteiger partial charge in [0, 0.05) is 17.0 Å². The molecule has 1 fully saturated rings. The Kier molecular flexibility index (Phi) is 3.96. The van der Waals surface area contributed by atoms with Gasteiger partial charge in [-0.05, 0) is 13.3 Å². The van der Waals surface area contributed by atoms with Crippen LogP contribution in [0.5, 0.6) is 0 Å². The smallest absolute Gasteiger partial charge is 0.235 e. The Hall–Kier alpha value is -1.02. The zero-order valence-corrected chi connectivity index (χ0v) is 11.6. The van der Waals surface area contributed by atoms with E-state index in [1.54, 1.807) is 6.07 Å². The first-order valence-electron chi connectivity index (χ1n) is 5.58. The van der Waals surface area contributed by atoms with Gasteiger partial charge in [-0.3, -0.25) is 9.89 Å². The number of rotatable bonds is 4. The quantitative estimate of drug-likeness (QED) is 0.846. The number of aryl methyl sites for hydroxylation is 1. The lowest BCUT2D eigenvalue weighted by molar-refractivity contribution is -0.113. The van der Waals surface area contributed by atoms with Crippen molar-refractivity contribution in [3.63, 3.8) is 0 Å². The van der Waals surface area contributed by atoms with Crippen molar-refractivity contribution in [2.45, 2.75) is 18.6 Å². The van der Waals surface area contributed by atoms with Gasteiger partial charge in [0.05, 0.1) is 17.3 Å². The highest BCUT2D eigenvalue weighted by Crippen LogP contribution is 2.24. The molecule has 1 unspecified atom stereocenters. The second kappa shape index (κ2) is 5.31. The van der Waals surface area contributed by atoms with E-state index in [0.29, 0.717) is 12.2 Å². The average molecular weight is 289 g/mol. The number of nitrogens with one attached hydrogen (secondary N) is 2. The summed E-state index contributed by atoms with van der Waals surface area (Å²) in [5.41, 5.74) is 0.875. The highest BCUT2D eigenvalue weighted by Gasteiger charge is 2.28. The molecule has 1 aromatic heterocycles. The van der Waals surface area contributed by atoms with Crippen LogP contribution < -0.4 is 5.32 Å². The number of anilines is 1. The zero-order chi connectivity index (χ0) is 13.2. The Balaban J connectivity index is 1.76. The van der Waals surface area contributed by atoms with Crippen LogP contribution in [-0.2, 0) is 14.6 Å². The maximum Gasteiger partial charge on any atom is 0.235 e.